The second-order valence-corrected chi connectivity index (χ2v) is 5.72. The highest BCUT2D eigenvalue weighted by Gasteiger charge is 2.09. The van der Waals surface area contributed by atoms with Crippen LogP contribution >= 0.6 is 27.7 Å². The summed E-state index contributed by atoms with van der Waals surface area (Å²) in [4.78, 5) is 0. The lowest BCUT2D eigenvalue weighted by atomic mass is 10.3. The van der Waals surface area contributed by atoms with E-state index in [1.807, 2.05) is 24.3 Å². The lowest BCUT2D eigenvalue weighted by Crippen LogP contribution is -2.20. The maximum atomic E-state index is 9.82. The second-order valence-electron chi connectivity index (χ2n) is 3.81. The SMILES string of the molecule is Cn1nnnc1SCC(O)COc1ccc(Br)cc1. The van der Waals surface area contributed by atoms with Gasteiger partial charge in [0, 0.05) is 17.3 Å². The summed E-state index contributed by atoms with van der Waals surface area (Å²) in [5.74, 6) is 1.21. The molecule has 1 unspecified atom stereocenters. The first kappa shape index (κ1) is 14.3. The van der Waals surface area contributed by atoms with E-state index >= 15 is 0 Å². The van der Waals surface area contributed by atoms with Crippen LogP contribution in [-0.4, -0.2) is 43.8 Å². The number of ether oxygens (including phenoxy) is 1. The molecule has 1 heterocycles. The van der Waals surface area contributed by atoms with Crippen LogP contribution in [0.4, 0.5) is 0 Å². The number of aliphatic hydroxyl groups is 1. The van der Waals surface area contributed by atoms with Crippen molar-refractivity contribution in [1.82, 2.24) is 20.2 Å². The summed E-state index contributed by atoms with van der Waals surface area (Å²) in [7, 11) is 1.76. The van der Waals surface area contributed by atoms with Gasteiger partial charge in [0.2, 0.25) is 5.16 Å². The minimum absolute atomic E-state index is 0.236. The van der Waals surface area contributed by atoms with Gasteiger partial charge in [-0.2, -0.15) is 0 Å². The molecule has 0 bridgehead atoms. The van der Waals surface area contributed by atoms with E-state index in [0.717, 1.165) is 10.2 Å². The van der Waals surface area contributed by atoms with Gasteiger partial charge in [-0.15, -0.1) is 5.10 Å². The zero-order valence-corrected chi connectivity index (χ0v) is 12.6. The molecule has 0 aliphatic carbocycles. The Bertz CT molecular complexity index is 520. The zero-order chi connectivity index (χ0) is 13.7. The fraction of sp³-hybridized carbons (Fsp3) is 0.364. The van der Waals surface area contributed by atoms with E-state index in [1.54, 1.807) is 11.7 Å². The molecule has 19 heavy (non-hydrogen) atoms. The lowest BCUT2D eigenvalue weighted by molar-refractivity contribution is 0.126. The van der Waals surface area contributed by atoms with Crippen molar-refractivity contribution in [3.05, 3.63) is 28.7 Å². The fourth-order valence-corrected chi connectivity index (χ4v) is 2.31. The molecule has 0 aliphatic heterocycles. The van der Waals surface area contributed by atoms with E-state index < -0.39 is 6.10 Å². The molecule has 0 aliphatic rings. The molecule has 0 amide bonds. The van der Waals surface area contributed by atoms with Crippen LogP contribution in [0.25, 0.3) is 0 Å². The quantitative estimate of drug-likeness (QED) is 0.800. The van der Waals surface area contributed by atoms with Crippen LogP contribution in [0.5, 0.6) is 5.75 Å². The molecule has 102 valence electrons. The predicted molar refractivity (Wildman–Crippen MR) is 75.2 cm³/mol. The van der Waals surface area contributed by atoms with E-state index in [-0.39, 0.29) is 6.61 Å². The van der Waals surface area contributed by atoms with Crippen LogP contribution in [-0.2, 0) is 7.05 Å². The van der Waals surface area contributed by atoms with E-state index in [4.69, 9.17) is 4.74 Å². The van der Waals surface area contributed by atoms with Gasteiger partial charge >= 0.3 is 0 Å². The van der Waals surface area contributed by atoms with Crippen molar-refractivity contribution in [2.24, 2.45) is 7.05 Å². The number of thioether (sulfide) groups is 1. The van der Waals surface area contributed by atoms with Gasteiger partial charge in [0.15, 0.2) is 0 Å². The Kier molecular flexibility index (Phi) is 5.17. The van der Waals surface area contributed by atoms with Gasteiger partial charge in [0.25, 0.3) is 0 Å². The van der Waals surface area contributed by atoms with E-state index in [9.17, 15) is 5.11 Å². The Labute approximate surface area is 123 Å². The molecule has 1 N–H and O–H groups in total. The van der Waals surface area contributed by atoms with Crippen molar-refractivity contribution in [3.8, 4) is 5.75 Å². The van der Waals surface area contributed by atoms with Crippen molar-refractivity contribution in [1.29, 1.82) is 0 Å². The van der Waals surface area contributed by atoms with E-state index in [0.29, 0.717) is 10.9 Å². The average Bonchev–Trinajstić information content (AvgIpc) is 2.81. The molecule has 0 saturated carbocycles. The molecule has 2 rings (SSSR count). The molecule has 0 saturated heterocycles. The predicted octanol–water partition coefficient (Wildman–Crippen LogP) is 1.50. The summed E-state index contributed by atoms with van der Waals surface area (Å²) in [5.41, 5.74) is 0. The molecule has 0 spiro atoms. The smallest absolute Gasteiger partial charge is 0.209 e. The van der Waals surface area contributed by atoms with Crippen LogP contribution in [0.15, 0.2) is 33.9 Å². The number of halogens is 1. The number of benzene rings is 1. The van der Waals surface area contributed by atoms with Crippen LogP contribution in [0.1, 0.15) is 0 Å². The highest BCUT2D eigenvalue weighted by Crippen LogP contribution is 2.17. The highest BCUT2D eigenvalue weighted by atomic mass is 79.9. The highest BCUT2D eigenvalue weighted by molar-refractivity contribution is 9.10. The van der Waals surface area contributed by atoms with Crippen LogP contribution in [0, 0.1) is 0 Å². The number of tetrazole rings is 1. The monoisotopic (exact) mass is 344 g/mol. The third-order valence-corrected chi connectivity index (χ3v) is 3.93. The molecule has 6 nitrogen and oxygen atoms in total. The van der Waals surface area contributed by atoms with Crippen molar-refractivity contribution >= 4 is 27.7 Å². The number of hydrogen-bond acceptors (Lipinski definition) is 6. The van der Waals surface area contributed by atoms with Crippen LogP contribution < -0.4 is 4.74 Å². The Balaban J connectivity index is 1.74. The third-order valence-electron chi connectivity index (χ3n) is 2.24. The summed E-state index contributed by atoms with van der Waals surface area (Å²) in [6.07, 6.45) is -0.578. The van der Waals surface area contributed by atoms with Gasteiger partial charge in [-0.25, -0.2) is 4.68 Å². The Morgan fingerprint density at radius 1 is 1.42 bits per heavy atom. The van der Waals surface area contributed by atoms with Gasteiger partial charge < -0.3 is 9.84 Å². The zero-order valence-electron chi connectivity index (χ0n) is 10.2. The average molecular weight is 345 g/mol. The van der Waals surface area contributed by atoms with Gasteiger partial charge in [0.05, 0.1) is 6.10 Å². The number of aromatic nitrogens is 4. The summed E-state index contributed by atoms with van der Waals surface area (Å²) in [5, 5.41) is 21.6. The number of aryl methyl sites for hydroxylation is 1. The second kappa shape index (κ2) is 6.88. The van der Waals surface area contributed by atoms with Crippen LogP contribution in [0.3, 0.4) is 0 Å². The molecule has 1 aromatic heterocycles. The molecule has 1 aromatic carbocycles. The van der Waals surface area contributed by atoms with Crippen LogP contribution in [0.2, 0.25) is 0 Å². The molecule has 0 fully saturated rings. The van der Waals surface area contributed by atoms with Crippen molar-refractivity contribution < 1.29 is 9.84 Å². The minimum Gasteiger partial charge on any atom is -0.491 e. The Hall–Kier alpha value is -1.12. The summed E-state index contributed by atoms with van der Waals surface area (Å²) < 4.78 is 8.03. The largest absolute Gasteiger partial charge is 0.491 e. The first-order chi connectivity index (χ1) is 9.15. The number of hydrogen-bond donors (Lipinski definition) is 1. The summed E-state index contributed by atoms with van der Waals surface area (Å²) >= 11 is 4.74. The number of rotatable bonds is 6. The number of aliphatic hydroxyl groups excluding tert-OH is 1. The first-order valence-corrected chi connectivity index (χ1v) is 7.34. The third kappa shape index (κ3) is 4.48. The van der Waals surface area contributed by atoms with Gasteiger partial charge in [-0.1, -0.05) is 27.7 Å². The van der Waals surface area contributed by atoms with Crippen molar-refractivity contribution in [2.75, 3.05) is 12.4 Å². The van der Waals surface area contributed by atoms with E-state index in [1.165, 1.54) is 11.8 Å². The topological polar surface area (TPSA) is 73.1 Å². The van der Waals surface area contributed by atoms with Crippen molar-refractivity contribution in [2.45, 2.75) is 11.3 Å². The minimum atomic E-state index is -0.578. The molecule has 1 atom stereocenters. The summed E-state index contributed by atoms with van der Waals surface area (Å²) in [6, 6.07) is 7.47. The molecular formula is C11H13BrN4O2S. The summed E-state index contributed by atoms with van der Waals surface area (Å²) in [6.45, 7) is 0.236. The molecule has 8 heteroatoms. The molecule has 2 aromatic rings. The van der Waals surface area contributed by atoms with E-state index in [2.05, 4.69) is 31.5 Å². The maximum Gasteiger partial charge on any atom is 0.209 e. The fourth-order valence-electron chi connectivity index (χ4n) is 1.29. The van der Waals surface area contributed by atoms with Gasteiger partial charge in [0.1, 0.15) is 12.4 Å². The standard InChI is InChI=1S/C11H13BrN4O2S/c1-16-11(13-14-15-16)19-7-9(17)6-18-10-4-2-8(12)3-5-10/h2-5,9,17H,6-7H2,1H3. The van der Waals surface area contributed by atoms with Gasteiger partial charge in [-0.3, -0.25) is 0 Å². The maximum absolute atomic E-state index is 9.82. The molecule has 0 radical (unpaired) electrons. The first-order valence-electron chi connectivity index (χ1n) is 5.57. The normalized spacial score (nSPS) is 12.4. The number of nitrogens with zero attached hydrogens (tertiary/aromatic N) is 4. The lowest BCUT2D eigenvalue weighted by Gasteiger charge is -2.11. The Morgan fingerprint density at radius 3 is 2.79 bits per heavy atom. The molecular weight excluding hydrogens is 332 g/mol. The van der Waals surface area contributed by atoms with Crippen molar-refractivity contribution in [3.63, 3.8) is 0 Å². The Morgan fingerprint density at radius 2 is 2.16 bits per heavy atom. The van der Waals surface area contributed by atoms with Gasteiger partial charge in [-0.05, 0) is 34.7 Å².